The molecule has 0 aromatic carbocycles. The minimum atomic E-state index is -0.0400. The Bertz CT molecular complexity index is 617. The fourth-order valence-corrected chi connectivity index (χ4v) is 3.57. The van der Waals surface area contributed by atoms with Gasteiger partial charge >= 0.3 is 0 Å². The lowest BCUT2D eigenvalue weighted by Gasteiger charge is -2.22. The monoisotopic (exact) mass is 288 g/mol. The van der Waals surface area contributed by atoms with Crippen LogP contribution in [0.15, 0.2) is 16.8 Å². The number of aromatic nitrogens is 3. The molecule has 4 rings (SSSR count). The van der Waals surface area contributed by atoms with Crippen LogP contribution in [0, 0.1) is 0 Å². The molecule has 1 saturated heterocycles. The maximum atomic E-state index is 12.6. The standard InChI is InChI=1S/C14H16N4OS/c19-14(13-15-12(16-17-13)9-3-4-9)18-6-1-2-11(18)10-5-7-20-8-10/h5,7-9,11H,1-4,6H2,(H,15,16,17). The van der Waals surface area contributed by atoms with Crippen molar-refractivity contribution in [3.05, 3.63) is 34.0 Å². The van der Waals surface area contributed by atoms with Gasteiger partial charge < -0.3 is 4.90 Å². The third kappa shape index (κ3) is 2.04. The third-order valence-electron chi connectivity index (χ3n) is 4.10. The smallest absolute Gasteiger partial charge is 0.294 e. The molecule has 1 N–H and O–H groups in total. The van der Waals surface area contributed by atoms with E-state index in [1.807, 2.05) is 4.90 Å². The molecular formula is C14H16N4OS. The molecule has 1 atom stereocenters. The summed E-state index contributed by atoms with van der Waals surface area (Å²) in [6.07, 6.45) is 4.39. The predicted octanol–water partition coefficient (Wildman–Crippen LogP) is 2.72. The highest BCUT2D eigenvalue weighted by atomic mass is 32.1. The molecule has 20 heavy (non-hydrogen) atoms. The summed E-state index contributed by atoms with van der Waals surface area (Å²) < 4.78 is 0. The normalized spacial score (nSPS) is 22.4. The molecule has 104 valence electrons. The van der Waals surface area contributed by atoms with Gasteiger partial charge in [0, 0.05) is 12.5 Å². The van der Waals surface area contributed by atoms with E-state index >= 15 is 0 Å². The van der Waals surface area contributed by atoms with Crippen molar-refractivity contribution in [3.8, 4) is 0 Å². The average molecular weight is 288 g/mol. The van der Waals surface area contributed by atoms with Crippen LogP contribution in [0.2, 0.25) is 0 Å². The second-order valence-electron chi connectivity index (χ2n) is 5.53. The number of hydrogen-bond acceptors (Lipinski definition) is 4. The lowest BCUT2D eigenvalue weighted by Crippen LogP contribution is -2.31. The molecule has 0 spiro atoms. The van der Waals surface area contributed by atoms with E-state index in [2.05, 4.69) is 32.0 Å². The molecule has 0 radical (unpaired) electrons. The maximum absolute atomic E-state index is 12.6. The highest BCUT2D eigenvalue weighted by Crippen LogP contribution is 2.38. The Hall–Kier alpha value is -1.69. The number of hydrogen-bond donors (Lipinski definition) is 1. The summed E-state index contributed by atoms with van der Waals surface area (Å²) in [4.78, 5) is 18.9. The van der Waals surface area contributed by atoms with Crippen molar-refractivity contribution in [1.82, 2.24) is 20.1 Å². The van der Waals surface area contributed by atoms with E-state index in [0.29, 0.717) is 11.7 Å². The van der Waals surface area contributed by atoms with Gasteiger partial charge in [0.15, 0.2) is 0 Å². The average Bonchev–Trinajstić information content (AvgIpc) is 2.96. The van der Waals surface area contributed by atoms with Crippen molar-refractivity contribution in [2.75, 3.05) is 6.54 Å². The predicted molar refractivity (Wildman–Crippen MR) is 75.7 cm³/mol. The largest absolute Gasteiger partial charge is 0.329 e. The molecule has 6 heteroatoms. The molecule has 2 aromatic rings. The number of H-pyrrole nitrogens is 1. The van der Waals surface area contributed by atoms with Crippen LogP contribution in [-0.2, 0) is 0 Å². The van der Waals surface area contributed by atoms with Crippen molar-refractivity contribution >= 4 is 17.2 Å². The van der Waals surface area contributed by atoms with Crippen molar-refractivity contribution < 1.29 is 4.79 Å². The summed E-state index contributed by atoms with van der Waals surface area (Å²) in [6, 6.07) is 2.30. The van der Waals surface area contributed by atoms with Gasteiger partial charge in [-0.3, -0.25) is 9.89 Å². The SMILES string of the molecule is O=C(c1n[nH]c(C2CC2)n1)N1CCCC1c1ccsc1. The number of thiophene rings is 1. The van der Waals surface area contributed by atoms with Gasteiger partial charge in [-0.25, -0.2) is 4.98 Å². The summed E-state index contributed by atoms with van der Waals surface area (Å²) in [5, 5.41) is 11.2. The molecule has 1 aliphatic carbocycles. The second-order valence-corrected chi connectivity index (χ2v) is 6.31. The van der Waals surface area contributed by atoms with Crippen LogP contribution in [0.25, 0.3) is 0 Å². The molecular weight excluding hydrogens is 272 g/mol. The number of carbonyl (C=O) groups excluding carboxylic acids is 1. The zero-order chi connectivity index (χ0) is 13.5. The molecule has 5 nitrogen and oxygen atoms in total. The molecule has 1 amide bonds. The van der Waals surface area contributed by atoms with Gasteiger partial charge in [0.05, 0.1) is 6.04 Å². The minimum Gasteiger partial charge on any atom is -0.329 e. The number of rotatable bonds is 3. The molecule has 3 heterocycles. The van der Waals surface area contributed by atoms with Gasteiger partial charge in [0.2, 0.25) is 5.82 Å². The van der Waals surface area contributed by atoms with Gasteiger partial charge in [-0.05, 0) is 48.1 Å². The van der Waals surface area contributed by atoms with Crippen molar-refractivity contribution in [1.29, 1.82) is 0 Å². The third-order valence-corrected chi connectivity index (χ3v) is 4.80. The Morgan fingerprint density at radius 3 is 3.05 bits per heavy atom. The highest BCUT2D eigenvalue weighted by molar-refractivity contribution is 7.07. The first-order valence-corrected chi connectivity index (χ1v) is 8.02. The van der Waals surface area contributed by atoms with Crippen molar-refractivity contribution in [2.24, 2.45) is 0 Å². The minimum absolute atomic E-state index is 0.0400. The first kappa shape index (κ1) is 12.1. The first-order valence-electron chi connectivity index (χ1n) is 7.08. The van der Waals surface area contributed by atoms with E-state index < -0.39 is 0 Å². The topological polar surface area (TPSA) is 61.9 Å². The fourth-order valence-electron chi connectivity index (χ4n) is 2.86. The van der Waals surface area contributed by atoms with Gasteiger partial charge in [0.1, 0.15) is 5.82 Å². The van der Waals surface area contributed by atoms with Crippen LogP contribution >= 0.6 is 11.3 Å². The Balaban J connectivity index is 1.57. The molecule has 1 saturated carbocycles. The van der Waals surface area contributed by atoms with Gasteiger partial charge in [-0.15, -0.1) is 5.10 Å². The van der Waals surface area contributed by atoms with Crippen LogP contribution in [0.1, 0.15) is 59.6 Å². The van der Waals surface area contributed by atoms with Gasteiger partial charge in [-0.2, -0.15) is 11.3 Å². The van der Waals surface area contributed by atoms with Gasteiger partial charge in [-0.1, -0.05) is 0 Å². The van der Waals surface area contributed by atoms with Crippen LogP contribution in [0.4, 0.5) is 0 Å². The van der Waals surface area contributed by atoms with Crippen molar-refractivity contribution in [3.63, 3.8) is 0 Å². The summed E-state index contributed by atoms with van der Waals surface area (Å²) >= 11 is 1.68. The summed E-state index contributed by atoms with van der Waals surface area (Å²) in [5.74, 6) is 1.66. The zero-order valence-corrected chi connectivity index (χ0v) is 11.9. The van der Waals surface area contributed by atoms with E-state index in [1.165, 1.54) is 5.56 Å². The molecule has 0 bridgehead atoms. The number of aromatic amines is 1. The van der Waals surface area contributed by atoms with Gasteiger partial charge in [0.25, 0.3) is 5.91 Å². The molecule has 2 fully saturated rings. The first-order chi connectivity index (χ1) is 9.83. The maximum Gasteiger partial charge on any atom is 0.294 e. The summed E-state index contributed by atoms with van der Waals surface area (Å²) in [6.45, 7) is 0.798. The second kappa shape index (κ2) is 4.70. The Kier molecular flexibility index (Phi) is 2.84. The Morgan fingerprint density at radius 1 is 1.40 bits per heavy atom. The Morgan fingerprint density at radius 2 is 2.30 bits per heavy atom. The highest BCUT2D eigenvalue weighted by Gasteiger charge is 2.34. The van der Waals surface area contributed by atoms with Crippen LogP contribution in [-0.4, -0.2) is 32.5 Å². The van der Waals surface area contributed by atoms with E-state index in [0.717, 1.165) is 38.1 Å². The van der Waals surface area contributed by atoms with Crippen molar-refractivity contribution in [2.45, 2.75) is 37.6 Å². The van der Waals surface area contributed by atoms with Crippen LogP contribution < -0.4 is 0 Å². The van der Waals surface area contributed by atoms with Crippen LogP contribution in [0.5, 0.6) is 0 Å². The Labute approximate surface area is 121 Å². The van der Waals surface area contributed by atoms with Crippen LogP contribution in [0.3, 0.4) is 0 Å². The quantitative estimate of drug-likeness (QED) is 0.944. The molecule has 2 aliphatic rings. The number of nitrogens with zero attached hydrogens (tertiary/aromatic N) is 3. The summed E-state index contributed by atoms with van der Waals surface area (Å²) in [5.41, 5.74) is 1.24. The van der Waals surface area contributed by atoms with E-state index in [9.17, 15) is 4.79 Å². The van der Waals surface area contributed by atoms with E-state index in [4.69, 9.17) is 0 Å². The number of amides is 1. The lowest BCUT2D eigenvalue weighted by atomic mass is 10.1. The number of likely N-dealkylation sites (tertiary alicyclic amines) is 1. The number of nitrogens with one attached hydrogen (secondary N) is 1. The fraction of sp³-hybridized carbons (Fsp3) is 0.500. The number of carbonyl (C=O) groups is 1. The molecule has 1 unspecified atom stereocenters. The molecule has 1 aliphatic heterocycles. The lowest BCUT2D eigenvalue weighted by molar-refractivity contribution is 0.0724. The zero-order valence-electron chi connectivity index (χ0n) is 11.1. The van der Waals surface area contributed by atoms with E-state index in [1.54, 1.807) is 11.3 Å². The van der Waals surface area contributed by atoms with E-state index in [-0.39, 0.29) is 11.9 Å². The molecule has 2 aromatic heterocycles. The summed E-state index contributed by atoms with van der Waals surface area (Å²) in [7, 11) is 0.